The third kappa shape index (κ3) is 6.57. The summed E-state index contributed by atoms with van der Waals surface area (Å²) in [5, 5.41) is 0. The second kappa shape index (κ2) is 11.9. The number of para-hydroxylation sites is 2. The molecule has 1 atom stereocenters. The average molecular weight is 388 g/mol. The van der Waals surface area contributed by atoms with E-state index in [1.54, 1.807) is 4.90 Å². The SMILES string of the molecule is CCOc1ccccc1OC[C@@H]1CN(C(=O)OC(CC)CC)CCO1.Cl. The fourth-order valence-electron chi connectivity index (χ4n) is 2.69. The molecular weight excluding hydrogens is 358 g/mol. The molecule has 148 valence electrons. The van der Waals surface area contributed by atoms with Gasteiger partial charge < -0.3 is 23.8 Å². The zero-order valence-electron chi connectivity index (χ0n) is 15.8. The van der Waals surface area contributed by atoms with E-state index >= 15 is 0 Å². The molecule has 1 aromatic rings. The van der Waals surface area contributed by atoms with Gasteiger partial charge in [0.15, 0.2) is 11.5 Å². The zero-order valence-corrected chi connectivity index (χ0v) is 16.6. The molecule has 1 aliphatic rings. The number of amides is 1. The minimum Gasteiger partial charge on any atom is -0.490 e. The molecule has 26 heavy (non-hydrogen) atoms. The van der Waals surface area contributed by atoms with Gasteiger partial charge in [-0.2, -0.15) is 0 Å². The van der Waals surface area contributed by atoms with Gasteiger partial charge in [-0.05, 0) is 31.9 Å². The molecule has 1 amide bonds. The number of morpholine rings is 1. The number of carbonyl (C=O) groups is 1. The second-order valence-electron chi connectivity index (χ2n) is 5.95. The minimum atomic E-state index is -0.267. The van der Waals surface area contributed by atoms with E-state index in [1.807, 2.05) is 45.0 Å². The molecule has 2 rings (SSSR count). The van der Waals surface area contributed by atoms with Crippen LogP contribution in [0.5, 0.6) is 11.5 Å². The van der Waals surface area contributed by atoms with E-state index in [0.29, 0.717) is 44.4 Å². The maximum atomic E-state index is 12.3. The summed E-state index contributed by atoms with van der Waals surface area (Å²) in [7, 11) is 0. The Balaban J connectivity index is 0.00000338. The van der Waals surface area contributed by atoms with Crippen molar-refractivity contribution < 1.29 is 23.7 Å². The third-order valence-electron chi connectivity index (χ3n) is 4.15. The largest absolute Gasteiger partial charge is 0.490 e. The summed E-state index contributed by atoms with van der Waals surface area (Å²) in [4.78, 5) is 14.0. The van der Waals surface area contributed by atoms with E-state index < -0.39 is 0 Å². The molecule has 1 aliphatic heterocycles. The first kappa shape index (κ1) is 22.4. The highest BCUT2D eigenvalue weighted by atomic mass is 35.5. The van der Waals surface area contributed by atoms with E-state index in [1.165, 1.54) is 0 Å². The van der Waals surface area contributed by atoms with Crippen LogP contribution in [0.4, 0.5) is 4.79 Å². The van der Waals surface area contributed by atoms with Crippen molar-refractivity contribution in [2.24, 2.45) is 0 Å². The smallest absolute Gasteiger partial charge is 0.410 e. The van der Waals surface area contributed by atoms with Crippen molar-refractivity contribution in [1.29, 1.82) is 0 Å². The number of hydrogen-bond acceptors (Lipinski definition) is 5. The number of ether oxygens (including phenoxy) is 4. The molecule has 0 aromatic heterocycles. The van der Waals surface area contributed by atoms with Gasteiger partial charge in [-0.15, -0.1) is 12.4 Å². The molecule has 6 nitrogen and oxygen atoms in total. The van der Waals surface area contributed by atoms with Gasteiger partial charge in [0.1, 0.15) is 18.8 Å². The first-order valence-electron chi connectivity index (χ1n) is 9.09. The summed E-state index contributed by atoms with van der Waals surface area (Å²) in [5.74, 6) is 1.40. The molecule has 1 aromatic carbocycles. The number of carbonyl (C=O) groups excluding carboxylic acids is 1. The molecule has 0 saturated carbocycles. The monoisotopic (exact) mass is 387 g/mol. The van der Waals surface area contributed by atoms with Gasteiger partial charge in [-0.3, -0.25) is 0 Å². The minimum absolute atomic E-state index is 0. The lowest BCUT2D eigenvalue weighted by atomic mass is 10.2. The average Bonchev–Trinajstić information content (AvgIpc) is 2.65. The highest BCUT2D eigenvalue weighted by Crippen LogP contribution is 2.26. The van der Waals surface area contributed by atoms with Crippen LogP contribution in [-0.4, -0.2) is 56.1 Å². The van der Waals surface area contributed by atoms with Gasteiger partial charge in [0, 0.05) is 6.54 Å². The van der Waals surface area contributed by atoms with E-state index in [0.717, 1.165) is 12.8 Å². The Kier molecular flexibility index (Phi) is 10.2. The molecule has 0 bridgehead atoms. The zero-order chi connectivity index (χ0) is 18.1. The number of halogens is 1. The predicted molar refractivity (Wildman–Crippen MR) is 103 cm³/mol. The molecule has 0 unspecified atom stereocenters. The van der Waals surface area contributed by atoms with Crippen LogP contribution in [-0.2, 0) is 9.47 Å². The van der Waals surface area contributed by atoms with Gasteiger partial charge in [0.2, 0.25) is 0 Å². The van der Waals surface area contributed by atoms with E-state index in [9.17, 15) is 4.79 Å². The molecule has 1 saturated heterocycles. The van der Waals surface area contributed by atoms with Crippen molar-refractivity contribution in [3.8, 4) is 11.5 Å². The number of nitrogens with zero attached hydrogens (tertiary/aromatic N) is 1. The Hall–Kier alpha value is -1.66. The van der Waals surface area contributed by atoms with Crippen LogP contribution in [0.1, 0.15) is 33.6 Å². The van der Waals surface area contributed by atoms with Crippen molar-refractivity contribution in [3.05, 3.63) is 24.3 Å². The van der Waals surface area contributed by atoms with Crippen LogP contribution in [0.25, 0.3) is 0 Å². The van der Waals surface area contributed by atoms with Gasteiger partial charge in [-0.1, -0.05) is 26.0 Å². The molecular formula is C19H30ClNO5. The maximum absolute atomic E-state index is 12.3. The Bertz CT molecular complexity index is 538. The fraction of sp³-hybridized carbons (Fsp3) is 0.632. The van der Waals surface area contributed by atoms with E-state index in [2.05, 4.69) is 0 Å². The normalized spacial score (nSPS) is 16.8. The van der Waals surface area contributed by atoms with Crippen LogP contribution in [0, 0.1) is 0 Å². The topological polar surface area (TPSA) is 57.2 Å². The Morgan fingerprint density at radius 2 is 1.85 bits per heavy atom. The van der Waals surface area contributed by atoms with E-state index in [-0.39, 0.29) is 30.7 Å². The van der Waals surface area contributed by atoms with Crippen molar-refractivity contribution in [2.45, 2.75) is 45.8 Å². The van der Waals surface area contributed by atoms with E-state index in [4.69, 9.17) is 18.9 Å². The number of rotatable bonds is 8. The van der Waals surface area contributed by atoms with Gasteiger partial charge in [0.05, 0.1) is 19.8 Å². The van der Waals surface area contributed by atoms with Crippen LogP contribution in [0.2, 0.25) is 0 Å². The molecule has 0 N–H and O–H groups in total. The fourth-order valence-corrected chi connectivity index (χ4v) is 2.69. The molecule has 0 radical (unpaired) electrons. The van der Waals surface area contributed by atoms with Crippen LogP contribution < -0.4 is 9.47 Å². The van der Waals surface area contributed by atoms with Crippen molar-refractivity contribution in [2.75, 3.05) is 32.9 Å². The van der Waals surface area contributed by atoms with Gasteiger partial charge in [0.25, 0.3) is 0 Å². The lowest BCUT2D eigenvalue weighted by molar-refractivity contribution is -0.0501. The van der Waals surface area contributed by atoms with Crippen molar-refractivity contribution in [3.63, 3.8) is 0 Å². The standard InChI is InChI=1S/C19H29NO5.ClH/c1-4-15(5-2)25-19(21)20-11-12-23-16(13-20)14-24-18-10-8-7-9-17(18)22-6-3;/h7-10,15-16H,4-6,11-14H2,1-3H3;1H/t16-;/m0./s1. The maximum Gasteiger partial charge on any atom is 0.410 e. The quantitative estimate of drug-likeness (QED) is 0.676. The summed E-state index contributed by atoms with van der Waals surface area (Å²) >= 11 is 0. The van der Waals surface area contributed by atoms with Crippen LogP contribution in [0.15, 0.2) is 24.3 Å². The first-order chi connectivity index (χ1) is 12.2. The van der Waals surface area contributed by atoms with Crippen molar-refractivity contribution in [1.82, 2.24) is 4.90 Å². The summed E-state index contributed by atoms with van der Waals surface area (Å²) in [6.07, 6.45) is 1.18. The highest BCUT2D eigenvalue weighted by molar-refractivity contribution is 5.85. The second-order valence-corrected chi connectivity index (χ2v) is 5.95. The van der Waals surface area contributed by atoms with Gasteiger partial charge in [-0.25, -0.2) is 4.79 Å². The molecule has 1 heterocycles. The lowest BCUT2D eigenvalue weighted by Crippen LogP contribution is -2.48. The van der Waals surface area contributed by atoms with Crippen molar-refractivity contribution >= 4 is 18.5 Å². The Morgan fingerprint density at radius 3 is 2.46 bits per heavy atom. The third-order valence-corrected chi connectivity index (χ3v) is 4.15. The van der Waals surface area contributed by atoms with Gasteiger partial charge >= 0.3 is 6.09 Å². The molecule has 0 aliphatic carbocycles. The van der Waals surface area contributed by atoms with Crippen LogP contribution in [0.3, 0.4) is 0 Å². The summed E-state index contributed by atoms with van der Waals surface area (Å²) in [6, 6.07) is 7.55. The number of benzene rings is 1. The lowest BCUT2D eigenvalue weighted by Gasteiger charge is -2.33. The molecule has 0 spiro atoms. The molecule has 1 fully saturated rings. The summed E-state index contributed by atoms with van der Waals surface area (Å²) in [5.41, 5.74) is 0. The number of hydrogen-bond donors (Lipinski definition) is 0. The Labute approximate surface area is 162 Å². The summed E-state index contributed by atoms with van der Waals surface area (Å²) < 4.78 is 22.6. The summed E-state index contributed by atoms with van der Waals surface area (Å²) in [6.45, 7) is 8.42. The predicted octanol–water partition coefficient (Wildman–Crippen LogP) is 3.91. The molecule has 7 heteroatoms. The van der Waals surface area contributed by atoms with Crippen LogP contribution >= 0.6 is 12.4 Å². The first-order valence-corrected chi connectivity index (χ1v) is 9.09. The Morgan fingerprint density at radius 1 is 1.19 bits per heavy atom. The highest BCUT2D eigenvalue weighted by Gasteiger charge is 2.27.